The van der Waals surface area contributed by atoms with Crippen LogP contribution in [0.5, 0.6) is 0 Å². The van der Waals surface area contributed by atoms with Crippen molar-refractivity contribution in [1.82, 2.24) is 4.90 Å². The molecule has 2 rings (SSSR count). The van der Waals surface area contributed by atoms with Crippen molar-refractivity contribution in [3.05, 3.63) is 12.3 Å². The highest BCUT2D eigenvalue weighted by atomic mass is 32.2. The fourth-order valence-electron chi connectivity index (χ4n) is 1.11. The fourth-order valence-corrected chi connectivity index (χ4v) is 2.14. The molecule has 2 atom stereocenters. The summed E-state index contributed by atoms with van der Waals surface area (Å²) in [6.07, 6.45) is 2.91. The van der Waals surface area contributed by atoms with Gasteiger partial charge in [0.25, 0.3) is 5.91 Å². The van der Waals surface area contributed by atoms with Crippen molar-refractivity contribution in [3.63, 3.8) is 0 Å². The van der Waals surface area contributed by atoms with Gasteiger partial charge in [0.1, 0.15) is 5.37 Å². The van der Waals surface area contributed by atoms with Gasteiger partial charge >= 0.3 is 0 Å². The minimum Gasteiger partial charge on any atom is -0.380 e. The van der Waals surface area contributed by atoms with Gasteiger partial charge in [-0.15, -0.1) is 11.8 Å². The number of carbonyl (C=O) groups is 1. The molecule has 1 saturated heterocycles. The highest BCUT2D eigenvalue weighted by Crippen LogP contribution is 2.32. The third-order valence-electron chi connectivity index (χ3n) is 1.68. The number of carbonyl (C=O) groups excluding carboxylic acids is 1. The Morgan fingerprint density at radius 1 is 1.80 bits per heavy atom. The Labute approximate surface area is 62.7 Å². The summed E-state index contributed by atoms with van der Waals surface area (Å²) >= 11 is 1.59. The smallest absolute Gasteiger partial charge is 0.259 e. The van der Waals surface area contributed by atoms with Crippen LogP contribution in [0.4, 0.5) is 0 Å². The predicted molar refractivity (Wildman–Crippen MR) is 38.2 cm³/mol. The molecule has 54 valence electrons. The first-order valence-corrected chi connectivity index (χ1v) is 4.14. The van der Waals surface area contributed by atoms with Gasteiger partial charge in [-0.05, 0) is 0 Å². The average Bonchev–Trinajstić information content (AvgIpc) is 2.03. The zero-order chi connectivity index (χ0) is 7.14. The van der Waals surface area contributed by atoms with E-state index in [9.17, 15) is 4.79 Å². The van der Waals surface area contributed by atoms with E-state index in [0.717, 1.165) is 5.75 Å². The summed E-state index contributed by atoms with van der Waals surface area (Å²) in [5.41, 5.74) is 0. The van der Waals surface area contributed by atoms with E-state index in [1.165, 1.54) is 0 Å². The van der Waals surface area contributed by atoms with Crippen LogP contribution in [0, 0.1) is 0 Å². The number of aliphatic hydroxyl groups is 1. The number of nitrogens with zero attached hydrogens (tertiary/aromatic N) is 1. The summed E-state index contributed by atoms with van der Waals surface area (Å²) in [7, 11) is 0. The number of rotatable bonds is 0. The lowest BCUT2D eigenvalue weighted by atomic mass is 10.1. The average molecular weight is 157 g/mol. The first-order chi connectivity index (χ1) is 4.80. The lowest BCUT2D eigenvalue weighted by Crippen LogP contribution is -2.61. The molecule has 0 aromatic heterocycles. The largest absolute Gasteiger partial charge is 0.380 e. The van der Waals surface area contributed by atoms with Gasteiger partial charge in [-0.1, -0.05) is 6.08 Å². The first-order valence-electron chi connectivity index (χ1n) is 3.09. The van der Waals surface area contributed by atoms with Gasteiger partial charge < -0.3 is 10.0 Å². The second-order valence-electron chi connectivity index (χ2n) is 2.30. The van der Waals surface area contributed by atoms with Gasteiger partial charge in [0.2, 0.25) is 0 Å². The predicted octanol–water partition coefficient (Wildman–Crippen LogP) is -0.224. The van der Waals surface area contributed by atoms with Gasteiger partial charge in [0.15, 0.2) is 6.10 Å². The second-order valence-corrected chi connectivity index (χ2v) is 3.45. The molecule has 1 N–H and O–H groups in total. The molecule has 0 radical (unpaired) electrons. The highest BCUT2D eigenvalue weighted by Gasteiger charge is 2.46. The molecule has 0 spiro atoms. The number of aliphatic hydroxyl groups excluding tert-OH is 1. The molecule has 2 aliphatic heterocycles. The van der Waals surface area contributed by atoms with E-state index < -0.39 is 6.10 Å². The van der Waals surface area contributed by atoms with Crippen LogP contribution in [0.25, 0.3) is 0 Å². The van der Waals surface area contributed by atoms with Crippen LogP contribution < -0.4 is 0 Å². The van der Waals surface area contributed by atoms with Gasteiger partial charge in [0, 0.05) is 12.0 Å². The summed E-state index contributed by atoms with van der Waals surface area (Å²) in [5.74, 6) is 0.722. The molecule has 1 fully saturated rings. The summed E-state index contributed by atoms with van der Waals surface area (Å²) in [6, 6.07) is 0. The van der Waals surface area contributed by atoms with Crippen molar-refractivity contribution in [1.29, 1.82) is 0 Å². The van der Waals surface area contributed by atoms with E-state index in [1.807, 2.05) is 6.08 Å². The maximum absolute atomic E-state index is 10.8. The van der Waals surface area contributed by atoms with Crippen LogP contribution in [-0.4, -0.2) is 33.1 Å². The number of amides is 1. The zero-order valence-corrected chi connectivity index (χ0v) is 6.04. The molecule has 0 aromatic carbocycles. The molecule has 3 nitrogen and oxygen atoms in total. The van der Waals surface area contributed by atoms with E-state index in [2.05, 4.69) is 0 Å². The molecule has 1 unspecified atom stereocenters. The Hall–Kier alpha value is -0.480. The van der Waals surface area contributed by atoms with Crippen molar-refractivity contribution in [2.75, 3.05) is 5.75 Å². The molecule has 2 heterocycles. The third-order valence-corrected chi connectivity index (χ3v) is 2.89. The molecule has 10 heavy (non-hydrogen) atoms. The molecular formula is C6H7NO2S. The highest BCUT2D eigenvalue weighted by molar-refractivity contribution is 8.00. The number of β-lactam (4-membered cyclic amide) rings is 1. The molecular weight excluding hydrogens is 150 g/mol. The Balaban J connectivity index is 2.18. The maximum atomic E-state index is 10.8. The van der Waals surface area contributed by atoms with Crippen LogP contribution in [0.1, 0.15) is 0 Å². The molecule has 0 bridgehead atoms. The summed E-state index contributed by atoms with van der Waals surface area (Å²) in [5, 5.41) is 9.06. The summed E-state index contributed by atoms with van der Waals surface area (Å²) in [4.78, 5) is 12.4. The molecule has 4 heteroatoms. The Morgan fingerprint density at radius 2 is 2.60 bits per heavy atom. The SMILES string of the molecule is O=C1C(O)[C@H]2SCC=CN12. The molecule has 0 aromatic rings. The number of hydrogen-bond donors (Lipinski definition) is 1. The topological polar surface area (TPSA) is 40.5 Å². The second kappa shape index (κ2) is 2.00. The number of thioether (sulfide) groups is 1. The maximum Gasteiger partial charge on any atom is 0.259 e. The van der Waals surface area contributed by atoms with Crippen LogP contribution in [0.2, 0.25) is 0 Å². The lowest BCUT2D eigenvalue weighted by Gasteiger charge is -2.43. The Morgan fingerprint density at radius 3 is 3.30 bits per heavy atom. The molecule has 1 amide bonds. The monoisotopic (exact) mass is 157 g/mol. The van der Waals surface area contributed by atoms with Gasteiger partial charge in [-0.25, -0.2) is 0 Å². The quantitative estimate of drug-likeness (QED) is 0.494. The van der Waals surface area contributed by atoms with E-state index >= 15 is 0 Å². The van der Waals surface area contributed by atoms with Crippen molar-refractivity contribution in [2.45, 2.75) is 11.5 Å². The van der Waals surface area contributed by atoms with Crippen LogP contribution in [0.15, 0.2) is 12.3 Å². The van der Waals surface area contributed by atoms with Crippen molar-refractivity contribution in [3.8, 4) is 0 Å². The molecule has 0 aliphatic carbocycles. The lowest BCUT2D eigenvalue weighted by molar-refractivity contribution is -0.153. The first kappa shape index (κ1) is 6.24. The fraction of sp³-hybridized carbons (Fsp3) is 0.500. The standard InChI is InChI=1S/C6H7NO2S/c8-4-5(9)7-2-1-3-10-6(4)7/h1-2,4,6,8H,3H2/t4?,6-/m1/s1. The van der Waals surface area contributed by atoms with Crippen LogP contribution in [-0.2, 0) is 4.79 Å². The molecule has 0 saturated carbocycles. The van der Waals surface area contributed by atoms with Crippen molar-refractivity contribution < 1.29 is 9.90 Å². The van der Waals surface area contributed by atoms with Crippen molar-refractivity contribution in [2.24, 2.45) is 0 Å². The Kier molecular flexibility index (Phi) is 1.25. The van der Waals surface area contributed by atoms with E-state index in [1.54, 1.807) is 22.9 Å². The van der Waals surface area contributed by atoms with E-state index in [-0.39, 0.29) is 11.3 Å². The number of hydrogen-bond acceptors (Lipinski definition) is 3. The normalized spacial score (nSPS) is 37.3. The Bertz CT molecular complexity index is 204. The molecule has 2 aliphatic rings. The minimum atomic E-state index is -0.755. The third kappa shape index (κ3) is 0.630. The zero-order valence-electron chi connectivity index (χ0n) is 5.23. The van der Waals surface area contributed by atoms with Gasteiger partial charge in [-0.3, -0.25) is 4.79 Å². The van der Waals surface area contributed by atoms with Crippen LogP contribution in [0.3, 0.4) is 0 Å². The van der Waals surface area contributed by atoms with Gasteiger partial charge in [-0.2, -0.15) is 0 Å². The summed E-state index contributed by atoms with van der Waals surface area (Å²) in [6.45, 7) is 0. The van der Waals surface area contributed by atoms with Gasteiger partial charge in [0.05, 0.1) is 0 Å². The minimum absolute atomic E-state index is 0.00231. The van der Waals surface area contributed by atoms with Crippen LogP contribution >= 0.6 is 11.8 Å². The number of fused-ring (bicyclic) bond motifs is 1. The van der Waals surface area contributed by atoms with E-state index in [4.69, 9.17) is 5.11 Å². The van der Waals surface area contributed by atoms with Crippen molar-refractivity contribution >= 4 is 17.7 Å². The summed E-state index contributed by atoms with van der Waals surface area (Å²) < 4.78 is 0. The van der Waals surface area contributed by atoms with E-state index in [0.29, 0.717) is 0 Å².